The standard InChI is InChI=1S/C23H23N5O5/c1-13-24-21(33-28-13)11-14-7-5-6-8-16(14)25-23(29)18-12-17(26-27-18)15-9-19(30-2)22(32-4)20(10-15)31-3/h5-10,12H,11H2,1-4H3,(H,25,29)(H,26,27). The fourth-order valence-electron chi connectivity index (χ4n) is 3.38. The number of hydrogen-bond acceptors (Lipinski definition) is 8. The molecule has 0 aliphatic carbocycles. The third-order valence-corrected chi connectivity index (χ3v) is 4.96. The quantitative estimate of drug-likeness (QED) is 0.418. The van der Waals surface area contributed by atoms with Crippen LogP contribution in [0.3, 0.4) is 0 Å². The van der Waals surface area contributed by atoms with Crippen molar-refractivity contribution >= 4 is 11.6 Å². The normalized spacial score (nSPS) is 10.7. The first kappa shape index (κ1) is 21.9. The third-order valence-electron chi connectivity index (χ3n) is 4.96. The van der Waals surface area contributed by atoms with E-state index in [1.165, 1.54) is 21.3 Å². The number of ether oxygens (including phenoxy) is 3. The highest BCUT2D eigenvalue weighted by molar-refractivity contribution is 6.03. The smallest absolute Gasteiger partial charge is 0.273 e. The van der Waals surface area contributed by atoms with Crippen LogP contribution in [0.5, 0.6) is 17.2 Å². The predicted molar refractivity (Wildman–Crippen MR) is 120 cm³/mol. The minimum absolute atomic E-state index is 0.294. The van der Waals surface area contributed by atoms with Crippen molar-refractivity contribution in [2.24, 2.45) is 0 Å². The summed E-state index contributed by atoms with van der Waals surface area (Å²) in [7, 11) is 4.61. The zero-order valence-corrected chi connectivity index (χ0v) is 18.6. The van der Waals surface area contributed by atoms with Crippen LogP contribution < -0.4 is 19.5 Å². The molecule has 0 aliphatic rings. The van der Waals surface area contributed by atoms with Gasteiger partial charge in [-0.05, 0) is 36.8 Å². The van der Waals surface area contributed by atoms with Crippen molar-refractivity contribution in [2.75, 3.05) is 26.6 Å². The van der Waals surface area contributed by atoms with E-state index in [-0.39, 0.29) is 5.91 Å². The van der Waals surface area contributed by atoms with Crippen LogP contribution in [0.15, 0.2) is 47.0 Å². The number of H-pyrrole nitrogens is 1. The Balaban J connectivity index is 1.56. The zero-order chi connectivity index (χ0) is 23.4. The molecular weight excluding hydrogens is 426 g/mol. The van der Waals surface area contributed by atoms with Crippen molar-refractivity contribution in [3.8, 4) is 28.5 Å². The number of para-hydroxylation sites is 1. The van der Waals surface area contributed by atoms with Gasteiger partial charge in [-0.1, -0.05) is 23.4 Å². The molecule has 2 aromatic carbocycles. The Labute approximate surface area is 189 Å². The molecule has 0 spiro atoms. The van der Waals surface area contributed by atoms with Crippen LogP contribution in [0.2, 0.25) is 0 Å². The van der Waals surface area contributed by atoms with Gasteiger partial charge < -0.3 is 24.1 Å². The Morgan fingerprint density at radius 2 is 1.79 bits per heavy atom. The Morgan fingerprint density at radius 1 is 1.06 bits per heavy atom. The highest BCUT2D eigenvalue weighted by Gasteiger charge is 2.18. The Morgan fingerprint density at radius 3 is 2.42 bits per heavy atom. The lowest BCUT2D eigenvalue weighted by Gasteiger charge is -2.13. The molecule has 0 unspecified atom stereocenters. The summed E-state index contributed by atoms with van der Waals surface area (Å²) in [4.78, 5) is 17.1. The molecule has 0 fully saturated rings. The Hall–Kier alpha value is -4.34. The van der Waals surface area contributed by atoms with E-state index in [1.807, 2.05) is 24.3 Å². The van der Waals surface area contributed by atoms with Gasteiger partial charge in [0.2, 0.25) is 11.6 Å². The van der Waals surface area contributed by atoms with Crippen molar-refractivity contribution in [1.29, 1.82) is 0 Å². The Kier molecular flexibility index (Phi) is 6.25. The molecule has 10 nitrogen and oxygen atoms in total. The topological polar surface area (TPSA) is 124 Å². The summed E-state index contributed by atoms with van der Waals surface area (Å²) in [5, 5.41) is 13.8. The van der Waals surface area contributed by atoms with Crippen LogP contribution in [0.4, 0.5) is 5.69 Å². The van der Waals surface area contributed by atoms with Crippen molar-refractivity contribution in [3.05, 3.63) is 65.4 Å². The molecule has 0 atom stereocenters. The predicted octanol–water partition coefficient (Wildman–Crippen LogP) is 3.64. The second-order valence-corrected chi connectivity index (χ2v) is 7.10. The van der Waals surface area contributed by atoms with Crippen molar-refractivity contribution in [1.82, 2.24) is 20.3 Å². The molecule has 1 amide bonds. The van der Waals surface area contributed by atoms with Gasteiger partial charge in [0, 0.05) is 11.3 Å². The number of aromatic amines is 1. The number of anilines is 1. The number of benzene rings is 2. The maximum Gasteiger partial charge on any atom is 0.273 e. The van der Waals surface area contributed by atoms with E-state index in [2.05, 4.69) is 25.7 Å². The summed E-state index contributed by atoms with van der Waals surface area (Å²) >= 11 is 0. The summed E-state index contributed by atoms with van der Waals surface area (Å²) < 4.78 is 21.4. The van der Waals surface area contributed by atoms with Crippen molar-refractivity contribution in [2.45, 2.75) is 13.3 Å². The first-order valence-electron chi connectivity index (χ1n) is 10.1. The number of nitrogens with one attached hydrogen (secondary N) is 2. The van der Waals surface area contributed by atoms with Gasteiger partial charge in [0.05, 0.1) is 33.4 Å². The van der Waals surface area contributed by atoms with Gasteiger partial charge in [0.25, 0.3) is 5.91 Å². The number of hydrogen-bond donors (Lipinski definition) is 2. The molecule has 0 saturated heterocycles. The molecule has 4 aromatic rings. The molecule has 0 saturated carbocycles. The van der Waals surface area contributed by atoms with E-state index in [0.29, 0.717) is 58.0 Å². The summed E-state index contributed by atoms with van der Waals surface area (Å²) in [6, 6.07) is 12.6. The van der Waals surface area contributed by atoms with E-state index >= 15 is 0 Å². The number of aryl methyl sites for hydroxylation is 1. The Bertz CT molecular complexity index is 1250. The fourth-order valence-corrected chi connectivity index (χ4v) is 3.38. The van der Waals surface area contributed by atoms with Gasteiger partial charge in [0.15, 0.2) is 17.3 Å². The first-order chi connectivity index (χ1) is 16.0. The average molecular weight is 449 g/mol. The summed E-state index contributed by atoms with van der Waals surface area (Å²) in [6.07, 6.45) is 0.400. The average Bonchev–Trinajstić information content (AvgIpc) is 3.48. The van der Waals surface area contributed by atoms with E-state index in [9.17, 15) is 4.79 Å². The van der Waals surface area contributed by atoms with E-state index in [4.69, 9.17) is 18.7 Å². The maximum atomic E-state index is 12.9. The molecule has 0 radical (unpaired) electrons. The molecule has 170 valence electrons. The van der Waals surface area contributed by atoms with Crippen LogP contribution in [0, 0.1) is 6.92 Å². The molecule has 2 N–H and O–H groups in total. The maximum absolute atomic E-state index is 12.9. The molecule has 2 heterocycles. The number of methoxy groups -OCH3 is 3. The lowest BCUT2D eigenvalue weighted by Crippen LogP contribution is -2.14. The van der Waals surface area contributed by atoms with Crippen LogP contribution in [0.1, 0.15) is 27.8 Å². The molecule has 33 heavy (non-hydrogen) atoms. The van der Waals surface area contributed by atoms with Crippen LogP contribution >= 0.6 is 0 Å². The minimum Gasteiger partial charge on any atom is -0.493 e. The number of nitrogens with zero attached hydrogens (tertiary/aromatic N) is 3. The molecule has 4 rings (SSSR count). The molecule has 0 aliphatic heterocycles. The first-order valence-corrected chi connectivity index (χ1v) is 10.1. The number of aromatic nitrogens is 4. The molecule has 2 aromatic heterocycles. The second-order valence-electron chi connectivity index (χ2n) is 7.10. The number of rotatable bonds is 8. The fraction of sp³-hybridized carbons (Fsp3) is 0.217. The summed E-state index contributed by atoms with van der Waals surface area (Å²) in [5.41, 5.74) is 3.03. The number of carbonyl (C=O) groups excluding carboxylic acids is 1. The van der Waals surface area contributed by atoms with Gasteiger partial charge in [0.1, 0.15) is 5.69 Å². The van der Waals surface area contributed by atoms with Gasteiger partial charge >= 0.3 is 0 Å². The largest absolute Gasteiger partial charge is 0.493 e. The lowest BCUT2D eigenvalue weighted by molar-refractivity contribution is 0.102. The van der Waals surface area contributed by atoms with E-state index < -0.39 is 0 Å². The SMILES string of the molecule is COc1cc(-c2cc(C(=O)Nc3ccccc3Cc3nc(C)no3)[nH]n2)cc(OC)c1OC. The monoisotopic (exact) mass is 449 g/mol. The molecular formula is C23H23N5O5. The summed E-state index contributed by atoms with van der Waals surface area (Å²) in [6.45, 7) is 1.75. The number of amides is 1. The highest BCUT2D eigenvalue weighted by Crippen LogP contribution is 2.40. The van der Waals surface area contributed by atoms with Gasteiger partial charge in [-0.3, -0.25) is 9.89 Å². The molecule has 10 heteroatoms. The molecule has 0 bridgehead atoms. The lowest BCUT2D eigenvalue weighted by atomic mass is 10.1. The minimum atomic E-state index is -0.338. The van der Waals surface area contributed by atoms with Gasteiger partial charge in [-0.15, -0.1) is 0 Å². The zero-order valence-electron chi connectivity index (χ0n) is 18.6. The number of carbonyl (C=O) groups is 1. The van der Waals surface area contributed by atoms with Crippen LogP contribution in [0.25, 0.3) is 11.3 Å². The van der Waals surface area contributed by atoms with E-state index in [0.717, 1.165) is 5.56 Å². The second kappa shape index (κ2) is 9.43. The van der Waals surface area contributed by atoms with Crippen LogP contribution in [-0.2, 0) is 6.42 Å². The van der Waals surface area contributed by atoms with Crippen LogP contribution in [-0.4, -0.2) is 47.6 Å². The van der Waals surface area contributed by atoms with Gasteiger partial charge in [-0.2, -0.15) is 10.1 Å². The third kappa shape index (κ3) is 4.64. The van der Waals surface area contributed by atoms with E-state index in [1.54, 1.807) is 25.1 Å². The highest BCUT2D eigenvalue weighted by atomic mass is 16.5. The summed E-state index contributed by atoms with van der Waals surface area (Å²) in [5.74, 6) is 2.15. The van der Waals surface area contributed by atoms with Crippen molar-refractivity contribution in [3.63, 3.8) is 0 Å². The van der Waals surface area contributed by atoms with Gasteiger partial charge in [-0.25, -0.2) is 0 Å². The van der Waals surface area contributed by atoms with Crippen molar-refractivity contribution < 1.29 is 23.5 Å².